The van der Waals surface area contributed by atoms with Crippen LogP contribution in [0.1, 0.15) is 25.7 Å². The first kappa shape index (κ1) is 6.82. The molecule has 0 N–H and O–H groups in total. The van der Waals surface area contributed by atoms with Gasteiger partial charge in [0.1, 0.15) is 14.6 Å². The highest BCUT2D eigenvalue weighted by Gasteiger charge is 2.27. The zero-order chi connectivity index (χ0) is 6.81. The molecule has 0 bridgehead atoms. The van der Waals surface area contributed by atoms with Gasteiger partial charge in [0.15, 0.2) is 0 Å². The van der Waals surface area contributed by atoms with E-state index < -0.39 is 0 Å². The van der Waals surface area contributed by atoms with Crippen molar-refractivity contribution in [1.29, 1.82) is 0 Å². The van der Waals surface area contributed by atoms with Crippen LogP contribution in [0, 0.1) is 5.92 Å². The Morgan fingerprint density at radius 1 is 0.900 bits per heavy atom. The van der Waals surface area contributed by atoms with E-state index in [9.17, 15) is 0 Å². The van der Waals surface area contributed by atoms with Crippen molar-refractivity contribution in [3.8, 4) is 0 Å². The molecule has 2 saturated heterocycles. The normalized spacial score (nSPS) is 39.2. The van der Waals surface area contributed by atoms with Gasteiger partial charge in [-0.2, -0.15) is 0 Å². The maximum atomic E-state index is 2.54. The van der Waals surface area contributed by atoms with Crippen molar-refractivity contribution < 1.29 is 0 Å². The van der Waals surface area contributed by atoms with Crippen molar-refractivity contribution >= 4 is 14.6 Å². The first-order chi connectivity index (χ1) is 4.97. The molecule has 0 aromatic carbocycles. The summed E-state index contributed by atoms with van der Waals surface area (Å²) in [6.07, 6.45) is 8.65. The minimum absolute atomic E-state index is 0.905. The molecule has 0 spiro atoms. The molecule has 0 nitrogen and oxygen atoms in total. The van der Waals surface area contributed by atoms with Crippen LogP contribution in [-0.4, -0.2) is 14.6 Å². The summed E-state index contributed by atoms with van der Waals surface area (Å²) in [4.78, 5) is 0. The Kier molecular flexibility index (Phi) is 2.06. The van der Waals surface area contributed by atoms with Crippen LogP contribution >= 0.6 is 0 Å². The predicted octanol–water partition coefficient (Wildman–Crippen LogP) is 2.18. The van der Waals surface area contributed by atoms with E-state index in [4.69, 9.17) is 0 Å². The van der Waals surface area contributed by atoms with Crippen LogP contribution in [0.15, 0.2) is 0 Å². The van der Waals surface area contributed by atoms with E-state index in [0.29, 0.717) is 0 Å². The van der Waals surface area contributed by atoms with Gasteiger partial charge < -0.3 is 0 Å². The second-order valence-corrected chi connectivity index (χ2v) is 3.67. The molecule has 0 saturated carbocycles. The second-order valence-electron chi connectivity index (χ2n) is 3.67. The van der Waals surface area contributed by atoms with Crippen LogP contribution in [0.25, 0.3) is 0 Å². The quantitative estimate of drug-likeness (QED) is 0.443. The first-order valence-corrected chi connectivity index (χ1v) is 4.63. The van der Waals surface area contributed by atoms with Gasteiger partial charge in [-0.05, 0) is 0 Å². The summed E-state index contributed by atoms with van der Waals surface area (Å²) in [6, 6.07) is 0. The molecule has 0 aliphatic carbocycles. The monoisotopic (exact) mass is 132 g/mol. The van der Waals surface area contributed by atoms with Crippen molar-refractivity contribution in [3.63, 3.8) is 0 Å². The molecular weight excluding hydrogens is 118 g/mol. The second kappa shape index (κ2) is 3.02. The minimum atomic E-state index is 0.905. The van der Waals surface area contributed by atoms with Gasteiger partial charge in [0.2, 0.25) is 0 Å². The fraction of sp³-hybridized carbons (Fsp3) is 1.00. The van der Waals surface area contributed by atoms with Gasteiger partial charge in [0, 0.05) is 0 Å². The SMILES string of the molecule is [B]1CCCC2CCC[B]C12. The minimum Gasteiger partial charge on any atom is -0.0918 e. The fourth-order valence-electron chi connectivity index (χ4n) is 2.39. The average molecular weight is 132 g/mol. The highest BCUT2D eigenvalue weighted by atomic mass is 14.2. The molecule has 52 valence electrons. The highest BCUT2D eigenvalue weighted by molar-refractivity contribution is 6.59. The molecule has 2 fully saturated rings. The topological polar surface area (TPSA) is 0 Å². The van der Waals surface area contributed by atoms with Crippen LogP contribution in [0.3, 0.4) is 0 Å². The predicted molar refractivity (Wildman–Crippen MR) is 46.8 cm³/mol. The molecule has 2 radical (unpaired) electrons. The number of rotatable bonds is 0. The van der Waals surface area contributed by atoms with E-state index in [2.05, 4.69) is 14.6 Å². The van der Waals surface area contributed by atoms with Gasteiger partial charge >= 0.3 is 0 Å². The van der Waals surface area contributed by atoms with E-state index in [1.807, 2.05) is 0 Å². The Hall–Kier alpha value is 0.130. The van der Waals surface area contributed by atoms with Gasteiger partial charge in [-0.15, -0.1) is 0 Å². The van der Waals surface area contributed by atoms with Crippen LogP contribution in [-0.2, 0) is 0 Å². The lowest BCUT2D eigenvalue weighted by Gasteiger charge is -2.34. The summed E-state index contributed by atoms with van der Waals surface area (Å²) in [7, 11) is 5.07. The molecule has 2 heteroatoms. The van der Waals surface area contributed by atoms with Crippen molar-refractivity contribution in [2.45, 2.75) is 44.0 Å². The summed E-state index contributed by atoms with van der Waals surface area (Å²) in [6.45, 7) is 0. The zero-order valence-electron chi connectivity index (χ0n) is 6.55. The lowest BCUT2D eigenvalue weighted by Crippen LogP contribution is -2.28. The third-order valence-electron chi connectivity index (χ3n) is 2.98. The van der Waals surface area contributed by atoms with Gasteiger partial charge in [-0.3, -0.25) is 0 Å². The summed E-state index contributed by atoms with van der Waals surface area (Å²) < 4.78 is 0. The third-order valence-corrected chi connectivity index (χ3v) is 2.98. The van der Waals surface area contributed by atoms with Crippen molar-refractivity contribution in [2.75, 3.05) is 0 Å². The third kappa shape index (κ3) is 1.26. The lowest BCUT2D eigenvalue weighted by molar-refractivity contribution is 0.426. The summed E-state index contributed by atoms with van der Waals surface area (Å²) in [5.74, 6) is 1.04. The molecule has 2 aliphatic rings. The molecule has 2 aliphatic heterocycles. The zero-order valence-corrected chi connectivity index (χ0v) is 6.55. The largest absolute Gasteiger partial charge is 0.104 e. The molecule has 0 atom stereocenters. The number of fused-ring (bicyclic) bond motifs is 1. The Balaban J connectivity index is 1.93. The van der Waals surface area contributed by atoms with Crippen LogP contribution in [0.4, 0.5) is 0 Å². The molecule has 0 amide bonds. The van der Waals surface area contributed by atoms with Crippen LogP contribution in [0.5, 0.6) is 0 Å². The Morgan fingerprint density at radius 2 is 1.50 bits per heavy atom. The Bertz CT molecular complexity index is 87.8. The van der Waals surface area contributed by atoms with E-state index in [-0.39, 0.29) is 0 Å². The molecule has 0 aromatic heterocycles. The standard InChI is InChI=1S/C8H14B2/c1-3-7-4-2-6-10-8(7)9-5-1/h7-8H,1-6H2. The molecule has 0 unspecified atom stereocenters. The Morgan fingerprint density at radius 3 is 2.00 bits per heavy atom. The molecule has 10 heavy (non-hydrogen) atoms. The smallest absolute Gasteiger partial charge is 0.0918 e. The number of hydrogen-bond acceptors (Lipinski definition) is 0. The molecule has 2 rings (SSSR count). The number of hydrogen-bond donors (Lipinski definition) is 0. The average Bonchev–Trinajstić information content (AvgIpc) is 2.05. The maximum absolute atomic E-state index is 2.54. The maximum Gasteiger partial charge on any atom is 0.104 e. The van der Waals surface area contributed by atoms with E-state index in [0.717, 1.165) is 11.6 Å². The molecule has 2 heterocycles. The van der Waals surface area contributed by atoms with Crippen molar-refractivity contribution in [2.24, 2.45) is 5.92 Å². The van der Waals surface area contributed by atoms with Gasteiger partial charge in [0.05, 0.1) is 0 Å². The van der Waals surface area contributed by atoms with Gasteiger partial charge in [-0.25, -0.2) is 0 Å². The highest BCUT2D eigenvalue weighted by Crippen LogP contribution is 2.36. The van der Waals surface area contributed by atoms with E-state index in [1.165, 1.54) is 38.3 Å². The van der Waals surface area contributed by atoms with Crippen LogP contribution in [0.2, 0.25) is 18.4 Å². The van der Waals surface area contributed by atoms with E-state index in [1.54, 1.807) is 0 Å². The molecular formula is C8H14B2. The molecule has 0 aromatic rings. The lowest BCUT2D eigenvalue weighted by atomic mass is 9.34. The summed E-state index contributed by atoms with van der Waals surface area (Å²) >= 11 is 0. The van der Waals surface area contributed by atoms with Crippen LogP contribution < -0.4 is 0 Å². The Labute approximate surface area is 65.3 Å². The summed E-state index contributed by atoms with van der Waals surface area (Å²) in [5.41, 5.74) is 0.905. The van der Waals surface area contributed by atoms with Gasteiger partial charge in [-0.1, -0.05) is 50.0 Å². The van der Waals surface area contributed by atoms with E-state index >= 15 is 0 Å². The van der Waals surface area contributed by atoms with Gasteiger partial charge in [0.25, 0.3) is 0 Å². The van der Waals surface area contributed by atoms with Crippen molar-refractivity contribution in [3.05, 3.63) is 0 Å². The fourth-order valence-corrected chi connectivity index (χ4v) is 2.39. The summed E-state index contributed by atoms with van der Waals surface area (Å²) in [5, 5.41) is 0. The van der Waals surface area contributed by atoms with Crippen molar-refractivity contribution in [1.82, 2.24) is 0 Å². The first-order valence-electron chi connectivity index (χ1n) is 4.63.